The van der Waals surface area contributed by atoms with Crippen molar-refractivity contribution < 1.29 is 0 Å². The van der Waals surface area contributed by atoms with Crippen molar-refractivity contribution in [1.29, 1.82) is 0 Å². The average Bonchev–Trinajstić information content (AvgIpc) is 2.05. The van der Waals surface area contributed by atoms with Crippen LogP contribution < -0.4 is 0 Å². The first-order valence-corrected chi connectivity index (χ1v) is 4.85. The molecule has 0 fully saturated rings. The third kappa shape index (κ3) is 4.95. The van der Waals surface area contributed by atoms with Crippen molar-refractivity contribution in [2.75, 3.05) is 0 Å². The third-order valence-corrected chi connectivity index (χ3v) is 1.91. The van der Waals surface area contributed by atoms with E-state index < -0.39 is 0 Å². The largest absolute Gasteiger partial charge is 0.0882 e. The summed E-state index contributed by atoms with van der Waals surface area (Å²) in [5.74, 6) is 0. The van der Waals surface area contributed by atoms with E-state index >= 15 is 0 Å². The lowest BCUT2D eigenvalue weighted by Gasteiger charge is -1.92. The molecule has 65 valence electrons. The Bertz CT molecular complexity index is 121. The maximum absolute atomic E-state index is 3.29. The van der Waals surface area contributed by atoms with Crippen LogP contribution in [0.25, 0.3) is 0 Å². The van der Waals surface area contributed by atoms with E-state index in [9.17, 15) is 0 Å². The van der Waals surface area contributed by atoms with Crippen molar-refractivity contribution in [1.82, 2.24) is 0 Å². The van der Waals surface area contributed by atoms with Gasteiger partial charge in [0.2, 0.25) is 0 Å². The molecule has 0 aromatic heterocycles. The molecular weight excluding hydrogens is 144 g/mol. The second kappa shape index (κ2) is 6.90. The Labute approximate surface area is 75.7 Å². The minimum Gasteiger partial charge on any atom is -0.0882 e. The predicted molar refractivity (Wildman–Crippen MR) is 53.8 cm³/mol. The number of hydrogen-bond acceptors (Lipinski definition) is 0. The Hall–Kier alpha value is -0.780. The molecule has 0 spiro atoms. The summed E-state index contributed by atoms with van der Waals surface area (Å²) in [6.45, 7) is 0. The zero-order valence-electron chi connectivity index (χ0n) is 7.63. The van der Waals surface area contributed by atoms with Gasteiger partial charge < -0.3 is 0 Å². The second-order valence-corrected chi connectivity index (χ2v) is 3.04. The topological polar surface area (TPSA) is 0 Å². The Morgan fingerprint density at radius 1 is 0.667 bits per heavy atom. The van der Waals surface area contributed by atoms with Crippen LogP contribution in [0.15, 0.2) is 30.4 Å². The molecule has 1 rings (SSSR count). The normalized spacial score (nSPS) is 28.0. The van der Waals surface area contributed by atoms with Gasteiger partial charge in [-0.25, -0.2) is 0 Å². The molecule has 1 radical (unpaired) electrons. The van der Waals surface area contributed by atoms with Crippen LogP contribution in [0.4, 0.5) is 0 Å². The molecule has 0 amide bonds. The molecule has 0 N–H and O–H groups in total. The molecule has 0 saturated heterocycles. The van der Waals surface area contributed by atoms with Gasteiger partial charge in [0.15, 0.2) is 0 Å². The van der Waals surface area contributed by atoms with Gasteiger partial charge in [0.05, 0.1) is 0 Å². The second-order valence-electron chi connectivity index (χ2n) is 3.04. The first-order chi connectivity index (χ1) is 6.00. The van der Waals surface area contributed by atoms with Gasteiger partial charge in [-0.15, -0.1) is 0 Å². The molecule has 0 aliphatic heterocycles. The first-order valence-electron chi connectivity index (χ1n) is 4.85. The van der Waals surface area contributed by atoms with Gasteiger partial charge in [0.1, 0.15) is 0 Å². The summed E-state index contributed by atoms with van der Waals surface area (Å²) in [5.41, 5.74) is 0. The summed E-state index contributed by atoms with van der Waals surface area (Å²) < 4.78 is 0. The van der Waals surface area contributed by atoms with Gasteiger partial charge in [-0.2, -0.15) is 0 Å². The standard InChI is InChI=1S/C12H17/c1-2-4-6-8-10-12-11-9-7-5-3-1/h1-2,7-9H,3-6,11-12H2/b2-1-,9-7-,10-8?. The minimum absolute atomic E-state index is 1.08. The van der Waals surface area contributed by atoms with Crippen LogP contribution in [0.1, 0.15) is 38.5 Å². The first kappa shape index (κ1) is 9.31. The Balaban J connectivity index is 2.30. The molecule has 1 aliphatic rings. The molecular formula is C12H17. The number of rotatable bonds is 0. The highest BCUT2D eigenvalue weighted by atomic mass is 13.9. The number of allylic oxidation sites excluding steroid dienone is 6. The van der Waals surface area contributed by atoms with Crippen LogP contribution in [0.2, 0.25) is 0 Å². The van der Waals surface area contributed by atoms with E-state index in [2.05, 4.69) is 36.5 Å². The van der Waals surface area contributed by atoms with Crippen LogP contribution >= 0.6 is 0 Å². The molecule has 0 heterocycles. The maximum atomic E-state index is 3.29. The Morgan fingerprint density at radius 3 is 2.00 bits per heavy atom. The maximum Gasteiger partial charge on any atom is -0.0245 e. The van der Waals surface area contributed by atoms with Gasteiger partial charge in [-0.3, -0.25) is 0 Å². The monoisotopic (exact) mass is 161 g/mol. The molecule has 12 heavy (non-hydrogen) atoms. The smallest absolute Gasteiger partial charge is 0.0245 e. The zero-order chi connectivity index (χ0) is 8.49. The van der Waals surface area contributed by atoms with Crippen molar-refractivity contribution in [2.24, 2.45) is 0 Å². The molecule has 0 atom stereocenters. The van der Waals surface area contributed by atoms with Crippen molar-refractivity contribution in [2.45, 2.75) is 38.5 Å². The van der Waals surface area contributed by atoms with Crippen LogP contribution in [0, 0.1) is 6.08 Å². The third-order valence-electron chi connectivity index (χ3n) is 1.91. The summed E-state index contributed by atoms with van der Waals surface area (Å²) in [6.07, 6.45) is 21.5. The van der Waals surface area contributed by atoms with Gasteiger partial charge in [0.25, 0.3) is 0 Å². The lowest BCUT2D eigenvalue weighted by atomic mass is 10.1. The Morgan fingerprint density at radius 2 is 1.25 bits per heavy atom. The van der Waals surface area contributed by atoms with Crippen molar-refractivity contribution in [3.63, 3.8) is 0 Å². The van der Waals surface area contributed by atoms with Gasteiger partial charge in [0, 0.05) is 0 Å². The molecule has 0 heteroatoms. The van der Waals surface area contributed by atoms with Gasteiger partial charge in [-0.1, -0.05) is 30.4 Å². The molecule has 0 nitrogen and oxygen atoms in total. The summed E-state index contributed by atoms with van der Waals surface area (Å²) >= 11 is 0. The SMILES string of the molecule is [C]1=C\CC/C=C\CC/C=C\CC/1. The lowest BCUT2D eigenvalue weighted by molar-refractivity contribution is 0.949. The highest BCUT2D eigenvalue weighted by molar-refractivity contribution is 4.91. The highest BCUT2D eigenvalue weighted by Gasteiger charge is 1.82. The van der Waals surface area contributed by atoms with E-state index in [1.165, 1.54) is 19.3 Å². The van der Waals surface area contributed by atoms with Crippen LogP contribution in [0.3, 0.4) is 0 Å². The fourth-order valence-electron chi connectivity index (χ4n) is 1.21. The summed E-state index contributed by atoms with van der Waals surface area (Å²) in [6, 6.07) is 0. The molecule has 0 aromatic carbocycles. The van der Waals surface area contributed by atoms with Crippen LogP contribution in [-0.2, 0) is 0 Å². The minimum atomic E-state index is 1.08. The summed E-state index contributed by atoms with van der Waals surface area (Å²) in [5, 5.41) is 0. The highest BCUT2D eigenvalue weighted by Crippen LogP contribution is 2.02. The molecule has 0 unspecified atom stereocenters. The van der Waals surface area contributed by atoms with E-state index in [1.807, 2.05) is 0 Å². The van der Waals surface area contributed by atoms with E-state index in [1.54, 1.807) is 0 Å². The average molecular weight is 161 g/mol. The Kier molecular flexibility index (Phi) is 5.35. The van der Waals surface area contributed by atoms with Gasteiger partial charge in [-0.05, 0) is 44.6 Å². The van der Waals surface area contributed by atoms with Crippen molar-refractivity contribution in [3.05, 3.63) is 36.5 Å². The quantitative estimate of drug-likeness (QED) is 0.474. The lowest BCUT2D eigenvalue weighted by Crippen LogP contribution is -1.72. The van der Waals surface area contributed by atoms with Crippen LogP contribution in [0.5, 0.6) is 0 Å². The molecule has 0 aromatic rings. The van der Waals surface area contributed by atoms with E-state index in [0.717, 1.165) is 19.3 Å². The van der Waals surface area contributed by atoms with E-state index in [4.69, 9.17) is 0 Å². The molecule has 0 saturated carbocycles. The van der Waals surface area contributed by atoms with Gasteiger partial charge >= 0.3 is 0 Å². The molecule has 0 bridgehead atoms. The molecule has 1 aliphatic carbocycles. The van der Waals surface area contributed by atoms with Crippen molar-refractivity contribution >= 4 is 0 Å². The summed E-state index contributed by atoms with van der Waals surface area (Å²) in [4.78, 5) is 0. The van der Waals surface area contributed by atoms with Crippen molar-refractivity contribution in [3.8, 4) is 0 Å². The number of hydrogen-bond donors (Lipinski definition) is 0. The fourth-order valence-corrected chi connectivity index (χ4v) is 1.21. The van der Waals surface area contributed by atoms with E-state index in [-0.39, 0.29) is 0 Å². The zero-order valence-corrected chi connectivity index (χ0v) is 7.63. The van der Waals surface area contributed by atoms with Crippen LogP contribution in [-0.4, -0.2) is 0 Å². The van der Waals surface area contributed by atoms with E-state index in [0.29, 0.717) is 0 Å². The summed E-state index contributed by atoms with van der Waals surface area (Å²) in [7, 11) is 0. The predicted octanol–water partition coefficient (Wildman–Crippen LogP) is 3.81. The fraction of sp³-hybridized carbons (Fsp3) is 0.500.